The van der Waals surface area contributed by atoms with Crippen LogP contribution in [0.1, 0.15) is 22.3 Å². The lowest BCUT2D eigenvalue weighted by Crippen LogP contribution is -2.32. The highest BCUT2D eigenvalue weighted by molar-refractivity contribution is 6.36. The molecule has 0 aliphatic carbocycles. The minimum Gasteiger partial charge on any atom is -0.497 e. The van der Waals surface area contributed by atoms with Crippen LogP contribution in [0, 0.1) is 13.8 Å². The number of aromatic nitrogens is 1. The normalized spacial score (nSPS) is 13.5. The fourth-order valence-electron chi connectivity index (χ4n) is 3.90. The third kappa shape index (κ3) is 4.30. The van der Waals surface area contributed by atoms with E-state index in [1.807, 2.05) is 38.1 Å². The van der Waals surface area contributed by atoms with Crippen LogP contribution in [0.4, 0.5) is 5.69 Å². The minimum absolute atomic E-state index is 0.125. The van der Waals surface area contributed by atoms with E-state index in [2.05, 4.69) is 10.3 Å². The van der Waals surface area contributed by atoms with E-state index in [0.717, 1.165) is 16.7 Å². The van der Waals surface area contributed by atoms with E-state index >= 15 is 0 Å². The van der Waals surface area contributed by atoms with Gasteiger partial charge in [0.1, 0.15) is 17.2 Å². The topological polar surface area (TPSA) is 80.8 Å². The summed E-state index contributed by atoms with van der Waals surface area (Å²) in [6.45, 7) is 4.04. The molecule has 7 heteroatoms. The summed E-state index contributed by atoms with van der Waals surface area (Å²) in [6.07, 6.45) is 3.30. The summed E-state index contributed by atoms with van der Waals surface area (Å²) in [5.74, 6) is 0.342. The molecule has 7 nitrogen and oxygen atoms in total. The summed E-state index contributed by atoms with van der Waals surface area (Å²) in [5, 5.41) is 3.17. The number of nitrogens with one attached hydrogen (secondary N) is 1. The number of methoxy groups -OCH3 is 2. The van der Waals surface area contributed by atoms with Crippen LogP contribution in [0.15, 0.2) is 66.6 Å². The Morgan fingerprint density at radius 3 is 2.45 bits per heavy atom. The lowest BCUT2D eigenvalue weighted by Gasteiger charge is -2.16. The van der Waals surface area contributed by atoms with Crippen molar-refractivity contribution in [2.24, 2.45) is 0 Å². The number of amides is 2. The molecule has 168 valence electrons. The maximum Gasteiger partial charge on any atom is 0.278 e. The Morgan fingerprint density at radius 1 is 0.970 bits per heavy atom. The zero-order chi connectivity index (χ0) is 23.5. The summed E-state index contributed by atoms with van der Waals surface area (Å²) < 4.78 is 10.8. The first-order chi connectivity index (χ1) is 15.9. The number of anilines is 1. The van der Waals surface area contributed by atoms with Gasteiger partial charge in [0.15, 0.2) is 0 Å². The number of aryl methyl sites for hydroxylation is 2. The highest BCUT2D eigenvalue weighted by Crippen LogP contribution is 2.36. The summed E-state index contributed by atoms with van der Waals surface area (Å²) in [4.78, 5) is 32.4. The number of hydrogen-bond donors (Lipinski definition) is 1. The molecule has 2 aromatic carbocycles. The molecule has 1 N–H and O–H groups in total. The van der Waals surface area contributed by atoms with Crippen LogP contribution in [0.3, 0.4) is 0 Å². The van der Waals surface area contributed by atoms with Crippen molar-refractivity contribution in [3.05, 3.63) is 88.9 Å². The van der Waals surface area contributed by atoms with Crippen LogP contribution in [-0.4, -0.2) is 35.9 Å². The second-order valence-electron chi connectivity index (χ2n) is 7.82. The predicted octanol–water partition coefficient (Wildman–Crippen LogP) is 4.11. The first-order valence-electron chi connectivity index (χ1n) is 10.5. The second kappa shape index (κ2) is 9.16. The van der Waals surface area contributed by atoms with Gasteiger partial charge in [-0.3, -0.25) is 19.5 Å². The first-order valence-corrected chi connectivity index (χ1v) is 10.5. The fraction of sp³-hybridized carbons (Fsp3) is 0.192. The van der Waals surface area contributed by atoms with Gasteiger partial charge in [0.05, 0.1) is 32.0 Å². The minimum atomic E-state index is -0.413. The summed E-state index contributed by atoms with van der Waals surface area (Å²) in [5.41, 5.74) is 4.50. The van der Waals surface area contributed by atoms with Gasteiger partial charge in [-0.2, -0.15) is 0 Å². The molecule has 4 rings (SSSR count). The summed E-state index contributed by atoms with van der Waals surface area (Å²) in [6, 6.07) is 14.7. The van der Waals surface area contributed by atoms with Gasteiger partial charge in [0.2, 0.25) is 0 Å². The standard InChI is InChI=1S/C26H25N3O4/c1-16-7-9-20(17(2)12-16)23-24(28-21-13-19(32-3)8-10-22(21)33-4)26(31)29(25(23)30)15-18-6-5-11-27-14-18/h5-14,28H,15H2,1-4H3. The number of pyridine rings is 1. The van der Waals surface area contributed by atoms with Crippen LogP contribution in [0.5, 0.6) is 11.5 Å². The monoisotopic (exact) mass is 443 g/mol. The third-order valence-electron chi connectivity index (χ3n) is 5.55. The van der Waals surface area contributed by atoms with Crippen molar-refractivity contribution >= 4 is 23.1 Å². The summed E-state index contributed by atoms with van der Waals surface area (Å²) in [7, 11) is 3.11. The molecule has 2 heterocycles. The van der Waals surface area contributed by atoms with Gasteiger partial charge in [-0.25, -0.2) is 0 Å². The molecular formula is C26H25N3O4. The summed E-state index contributed by atoms with van der Waals surface area (Å²) >= 11 is 0. The SMILES string of the molecule is COc1ccc(OC)c(NC2=C(c3ccc(C)cc3C)C(=O)N(Cc3cccnc3)C2=O)c1. The number of benzene rings is 2. The van der Waals surface area contributed by atoms with E-state index < -0.39 is 5.91 Å². The number of nitrogens with zero attached hydrogens (tertiary/aromatic N) is 2. The largest absolute Gasteiger partial charge is 0.497 e. The average Bonchev–Trinajstić information content (AvgIpc) is 3.04. The molecule has 2 amide bonds. The van der Waals surface area contributed by atoms with Crippen molar-refractivity contribution in [1.29, 1.82) is 0 Å². The molecule has 33 heavy (non-hydrogen) atoms. The number of hydrogen-bond acceptors (Lipinski definition) is 6. The first kappa shape index (κ1) is 22.1. The number of carbonyl (C=O) groups is 2. The van der Waals surface area contributed by atoms with Crippen LogP contribution in [0.2, 0.25) is 0 Å². The lowest BCUT2D eigenvalue weighted by atomic mass is 9.97. The van der Waals surface area contributed by atoms with Crippen molar-refractivity contribution in [1.82, 2.24) is 9.88 Å². The maximum absolute atomic E-state index is 13.6. The smallest absolute Gasteiger partial charge is 0.278 e. The van der Waals surface area contributed by atoms with E-state index in [-0.39, 0.29) is 18.1 Å². The predicted molar refractivity (Wildman–Crippen MR) is 126 cm³/mol. The van der Waals surface area contributed by atoms with E-state index in [1.54, 1.807) is 50.9 Å². The fourth-order valence-corrected chi connectivity index (χ4v) is 3.90. The Kier molecular flexibility index (Phi) is 6.13. The Bertz CT molecular complexity index is 1250. The molecule has 1 aromatic heterocycles. The molecule has 0 spiro atoms. The van der Waals surface area contributed by atoms with Crippen LogP contribution >= 0.6 is 0 Å². The number of carbonyl (C=O) groups excluding carboxylic acids is 2. The third-order valence-corrected chi connectivity index (χ3v) is 5.55. The number of rotatable bonds is 7. The number of imide groups is 1. The molecule has 1 aliphatic heterocycles. The van der Waals surface area contributed by atoms with Crippen molar-refractivity contribution in [3.8, 4) is 11.5 Å². The molecule has 0 unspecified atom stereocenters. The van der Waals surface area contributed by atoms with Crippen molar-refractivity contribution in [2.75, 3.05) is 19.5 Å². The van der Waals surface area contributed by atoms with Crippen molar-refractivity contribution in [3.63, 3.8) is 0 Å². The molecule has 0 saturated carbocycles. The Balaban J connectivity index is 1.82. The Labute approximate surface area is 192 Å². The molecular weight excluding hydrogens is 418 g/mol. The molecule has 3 aromatic rings. The van der Waals surface area contributed by atoms with Gasteiger partial charge in [0.25, 0.3) is 11.8 Å². The van der Waals surface area contributed by atoms with Gasteiger partial charge in [-0.05, 0) is 48.7 Å². The van der Waals surface area contributed by atoms with Gasteiger partial charge >= 0.3 is 0 Å². The zero-order valence-electron chi connectivity index (χ0n) is 19.0. The van der Waals surface area contributed by atoms with Crippen molar-refractivity contribution in [2.45, 2.75) is 20.4 Å². The Hall–Kier alpha value is -4.13. The molecule has 0 saturated heterocycles. The van der Waals surface area contributed by atoms with Gasteiger partial charge in [-0.15, -0.1) is 0 Å². The molecule has 0 fully saturated rings. The van der Waals surface area contributed by atoms with Crippen LogP contribution in [0.25, 0.3) is 5.57 Å². The van der Waals surface area contributed by atoms with Gasteiger partial charge < -0.3 is 14.8 Å². The van der Waals surface area contributed by atoms with Crippen molar-refractivity contribution < 1.29 is 19.1 Å². The molecule has 0 bridgehead atoms. The second-order valence-corrected chi connectivity index (χ2v) is 7.82. The van der Waals surface area contributed by atoms with Crippen LogP contribution < -0.4 is 14.8 Å². The molecule has 0 atom stereocenters. The molecule has 1 aliphatic rings. The maximum atomic E-state index is 13.6. The van der Waals surface area contributed by atoms with Gasteiger partial charge in [-0.1, -0.05) is 29.8 Å². The van der Waals surface area contributed by atoms with E-state index in [1.165, 1.54) is 4.90 Å². The van der Waals surface area contributed by atoms with E-state index in [9.17, 15) is 9.59 Å². The average molecular weight is 444 g/mol. The quantitative estimate of drug-likeness (QED) is 0.554. The zero-order valence-corrected chi connectivity index (χ0v) is 19.0. The highest BCUT2D eigenvalue weighted by atomic mass is 16.5. The molecule has 0 radical (unpaired) electrons. The number of ether oxygens (including phenoxy) is 2. The highest BCUT2D eigenvalue weighted by Gasteiger charge is 2.40. The van der Waals surface area contributed by atoms with E-state index in [0.29, 0.717) is 28.3 Å². The lowest BCUT2D eigenvalue weighted by molar-refractivity contribution is -0.137. The Morgan fingerprint density at radius 2 is 1.79 bits per heavy atom. The van der Waals surface area contributed by atoms with Gasteiger partial charge in [0, 0.05) is 18.5 Å². The van der Waals surface area contributed by atoms with E-state index in [4.69, 9.17) is 9.47 Å². The van der Waals surface area contributed by atoms with Crippen LogP contribution in [-0.2, 0) is 16.1 Å².